The Hall–Kier alpha value is -1.06. The van der Waals surface area contributed by atoms with Crippen molar-refractivity contribution in [2.75, 3.05) is 6.54 Å². The lowest BCUT2D eigenvalue weighted by Gasteiger charge is -2.29. The van der Waals surface area contributed by atoms with Gasteiger partial charge in [0.25, 0.3) is 5.91 Å². The summed E-state index contributed by atoms with van der Waals surface area (Å²) in [7, 11) is 0. The number of benzene rings is 1. The smallest absolute Gasteiger partial charge is 0.252 e. The molecule has 1 aromatic carbocycles. The Morgan fingerprint density at radius 1 is 1.32 bits per heavy atom. The summed E-state index contributed by atoms with van der Waals surface area (Å²) in [5.41, 5.74) is 2.94. The molecule has 0 bridgehead atoms. The average molecular weight is 283 g/mol. The Labute approximate surface area is 121 Å². The third kappa shape index (κ3) is 3.95. The summed E-state index contributed by atoms with van der Waals surface area (Å²) < 4.78 is 0. The SMILES string of the molecule is Cc1cccc(C)c1C(=O)NC1CCNC(C)C1.Cl. The third-order valence-corrected chi connectivity index (χ3v) is 3.67. The van der Waals surface area contributed by atoms with Crippen LogP contribution in [0, 0.1) is 13.8 Å². The van der Waals surface area contributed by atoms with Crippen LogP contribution in [0.1, 0.15) is 41.3 Å². The first-order chi connectivity index (χ1) is 8.58. The highest BCUT2D eigenvalue weighted by atomic mass is 35.5. The fraction of sp³-hybridized carbons (Fsp3) is 0.533. The first kappa shape index (κ1) is 16.0. The first-order valence-corrected chi connectivity index (χ1v) is 6.68. The largest absolute Gasteiger partial charge is 0.349 e. The van der Waals surface area contributed by atoms with Crippen LogP contribution in [0.2, 0.25) is 0 Å². The van der Waals surface area contributed by atoms with Crippen LogP contribution in [0.5, 0.6) is 0 Å². The summed E-state index contributed by atoms with van der Waals surface area (Å²) in [6.07, 6.45) is 2.03. The molecule has 0 radical (unpaired) electrons. The lowest BCUT2D eigenvalue weighted by Crippen LogP contribution is -2.46. The summed E-state index contributed by atoms with van der Waals surface area (Å²) in [4.78, 5) is 12.3. The zero-order valence-corrected chi connectivity index (χ0v) is 12.6. The van der Waals surface area contributed by atoms with Gasteiger partial charge >= 0.3 is 0 Å². The molecule has 0 saturated carbocycles. The second-order valence-corrected chi connectivity index (χ2v) is 5.32. The normalized spacial score (nSPS) is 22.5. The van der Waals surface area contributed by atoms with Crippen molar-refractivity contribution in [3.63, 3.8) is 0 Å². The number of hydrogen-bond donors (Lipinski definition) is 2. The number of aryl methyl sites for hydroxylation is 2. The van der Waals surface area contributed by atoms with Crippen molar-refractivity contribution in [1.29, 1.82) is 0 Å². The Morgan fingerprint density at radius 2 is 1.95 bits per heavy atom. The number of halogens is 1. The molecule has 2 unspecified atom stereocenters. The Bertz CT molecular complexity index is 428. The minimum Gasteiger partial charge on any atom is -0.349 e. The average Bonchev–Trinajstić information content (AvgIpc) is 2.28. The Morgan fingerprint density at radius 3 is 2.53 bits per heavy atom. The molecule has 2 rings (SSSR count). The molecule has 1 saturated heterocycles. The van der Waals surface area contributed by atoms with Gasteiger partial charge in [-0.2, -0.15) is 0 Å². The number of nitrogens with one attached hydrogen (secondary N) is 2. The van der Waals surface area contributed by atoms with E-state index in [-0.39, 0.29) is 18.3 Å². The van der Waals surface area contributed by atoms with Gasteiger partial charge in [0.1, 0.15) is 0 Å². The van der Waals surface area contributed by atoms with Gasteiger partial charge in [-0.1, -0.05) is 18.2 Å². The van der Waals surface area contributed by atoms with Crippen LogP contribution < -0.4 is 10.6 Å². The molecular formula is C15H23ClN2O. The summed E-state index contributed by atoms with van der Waals surface area (Å²) in [6, 6.07) is 6.77. The van der Waals surface area contributed by atoms with Crippen LogP contribution >= 0.6 is 12.4 Å². The number of piperidine rings is 1. The van der Waals surface area contributed by atoms with Crippen LogP contribution in [0.15, 0.2) is 18.2 Å². The van der Waals surface area contributed by atoms with Gasteiger partial charge in [-0.15, -0.1) is 12.4 Å². The fourth-order valence-electron chi connectivity index (χ4n) is 2.69. The summed E-state index contributed by atoms with van der Waals surface area (Å²) in [6.45, 7) is 7.14. The Balaban J connectivity index is 0.00000180. The predicted octanol–water partition coefficient (Wildman–Crippen LogP) is 2.60. The molecule has 1 aromatic rings. The molecule has 3 nitrogen and oxygen atoms in total. The standard InChI is InChI=1S/C15H22N2O.ClH/c1-10-5-4-6-11(2)14(10)15(18)17-13-7-8-16-12(3)9-13;/h4-6,12-13,16H,7-9H2,1-3H3,(H,17,18);1H. The van der Waals surface area contributed by atoms with E-state index in [0.717, 1.165) is 36.1 Å². The molecule has 1 fully saturated rings. The second-order valence-electron chi connectivity index (χ2n) is 5.32. The van der Waals surface area contributed by atoms with E-state index in [1.807, 2.05) is 32.0 Å². The van der Waals surface area contributed by atoms with E-state index >= 15 is 0 Å². The van der Waals surface area contributed by atoms with Gasteiger partial charge in [-0.05, 0) is 51.3 Å². The monoisotopic (exact) mass is 282 g/mol. The predicted molar refractivity (Wildman–Crippen MR) is 81.1 cm³/mol. The van der Waals surface area contributed by atoms with Crippen LogP contribution in [0.3, 0.4) is 0 Å². The lowest BCUT2D eigenvalue weighted by atomic mass is 9.98. The van der Waals surface area contributed by atoms with Crippen molar-refractivity contribution in [2.24, 2.45) is 0 Å². The molecule has 4 heteroatoms. The van der Waals surface area contributed by atoms with Crippen molar-refractivity contribution >= 4 is 18.3 Å². The van der Waals surface area contributed by atoms with Gasteiger partial charge in [-0.3, -0.25) is 4.79 Å². The first-order valence-electron chi connectivity index (χ1n) is 6.68. The Kier molecular flexibility index (Phi) is 5.83. The van der Waals surface area contributed by atoms with Gasteiger partial charge < -0.3 is 10.6 Å². The maximum atomic E-state index is 12.3. The highest BCUT2D eigenvalue weighted by Gasteiger charge is 2.21. The fourth-order valence-corrected chi connectivity index (χ4v) is 2.69. The molecule has 1 heterocycles. The van der Waals surface area contributed by atoms with Crippen molar-refractivity contribution in [3.8, 4) is 0 Å². The molecule has 106 valence electrons. The molecule has 0 aromatic heterocycles. The van der Waals surface area contributed by atoms with Crippen LogP contribution in [0.25, 0.3) is 0 Å². The molecule has 1 aliphatic rings. The van der Waals surface area contributed by atoms with E-state index in [9.17, 15) is 4.79 Å². The van der Waals surface area contributed by atoms with E-state index < -0.39 is 0 Å². The number of carbonyl (C=O) groups excluding carboxylic acids is 1. The van der Waals surface area contributed by atoms with E-state index in [2.05, 4.69) is 17.6 Å². The van der Waals surface area contributed by atoms with Crippen molar-refractivity contribution in [1.82, 2.24) is 10.6 Å². The van der Waals surface area contributed by atoms with Gasteiger partial charge in [0.2, 0.25) is 0 Å². The zero-order valence-electron chi connectivity index (χ0n) is 11.8. The van der Waals surface area contributed by atoms with Crippen molar-refractivity contribution < 1.29 is 4.79 Å². The van der Waals surface area contributed by atoms with Gasteiger partial charge in [0.05, 0.1) is 0 Å². The van der Waals surface area contributed by atoms with E-state index in [1.54, 1.807) is 0 Å². The summed E-state index contributed by atoms with van der Waals surface area (Å²) >= 11 is 0. The van der Waals surface area contributed by atoms with Gasteiger partial charge in [0.15, 0.2) is 0 Å². The maximum absolute atomic E-state index is 12.3. The topological polar surface area (TPSA) is 41.1 Å². The van der Waals surface area contributed by atoms with E-state index in [1.165, 1.54) is 0 Å². The van der Waals surface area contributed by atoms with Gasteiger partial charge in [-0.25, -0.2) is 0 Å². The van der Waals surface area contributed by atoms with Crippen molar-refractivity contribution in [2.45, 2.75) is 45.7 Å². The van der Waals surface area contributed by atoms with Gasteiger partial charge in [0, 0.05) is 17.6 Å². The number of rotatable bonds is 2. The summed E-state index contributed by atoms with van der Waals surface area (Å²) in [5.74, 6) is 0.0738. The summed E-state index contributed by atoms with van der Waals surface area (Å²) in [5, 5.41) is 6.56. The van der Waals surface area contributed by atoms with Crippen LogP contribution in [-0.4, -0.2) is 24.5 Å². The highest BCUT2D eigenvalue weighted by molar-refractivity contribution is 5.97. The second kappa shape index (κ2) is 6.92. The maximum Gasteiger partial charge on any atom is 0.252 e. The van der Waals surface area contributed by atoms with Crippen molar-refractivity contribution in [3.05, 3.63) is 34.9 Å². The quantitative estimate of drug-likeness (QED) is 0.875. The molecule has 19 heavy (non-hydrogen) atoms. The molecular weight excluding hydrogens is 260 g/mol. The molecule has 1 aliphatic heterocycles. The van der Waals surface area contributed by atoms with E-state index in [4.69, 9.17) is 0 Å². The molecule has 0 spiro atoms. The minimum absolute atomic E-state index is 0. The lowest BCUT2D eigenvalue weighted by molar-refractivity contribution is 0.0924. The molecule has 1 amide bonds. The van der Waals surface area contributed by atoms with Crippen LogP contribution in [-0.2, 0) is 0 Å². The zero-order chi connectivity index (χ0) is 13.1. The molecule has 0 aliphatic carbocycles. The molecule has 2 atom stereocenters. The molecule has 2 N–H and O–H groups in total. The van der Waals surface area contributed by atoms with Crippen LogP contribution in [0.4, 0.5) is 0 Å². The minimum atomic E-state index is 0. The highest BCUT2D eigenvalue weighted by Crippen LogP contribution is 2.15. The number of amides is 1. The third-order valence-electron chi connectivity index (χ3n) is 3.67. The number of carbonyl (C=O) groups is 1. The van der Waals surface area contributed by atoms with E-state index in [0.29, 0.717) is 12.1 Å². The number of hydrogen-bond acceptors (Lipinski definition) is 2.